The Morgan fingerprint density at radius 1 is 0.884 bits per heavy atom. The maximum Gasteiger partial charge on any atom is 0.238 e. The van der Waals surface area contributed by atoms with E-state index in [1.54, 1.807) is 48.5 Å². The van der Waals surface area contributed by atoms with E-state index in [-0.39, 0.29) is 17.3 Å². The first-order valence-electron chi connectivity index (χ1n) is 13.9. The zero-order valence-corrected chi connectivity index (χ0v) is 24.2. The van der Waals surface area contributed by atoms with E-state index >= 15 is 4.79 Å². The van der Waals surface area contributed by atoms with Crippen molar-refractivity contribution in [1.29, 1.82) is 0 Å². The lowest BCUT2D eigenvalue weighted by Crippen LogP contribution is -2.51. The molecule has 1 fully saturated rings. The van der Waals surface area contributed by atoms with Crippen LogP contribution in [-0.4, -0.2) is 43.8 Å². The number of ether oxygens (including phenoxy) is 2. The monoisotopic (exact) mass is 590 g/mol. The first-order valence-corrected chi connectivity index (χ1v) is 14.3. The molecule has 0 radical (unpaired) electrons. The summed E-state index contributed by atoms with van der Waals surface area (Å²) in [7, 11) is 3.00. The highest BCUT2D eigenvalue weighted by molar-refractivity contribution is 6.31. The van der Waals surface area contributed by atoms with Gasteiger partial charge in [-0.05, 0) is 53.6 Å². The Kier molecular flexibility index (Phi) is 6.36. The van der Waals surface area contributed by atoms with Gasteiger partial charge in [-0.3, -0.25) is 14.4 Å². The maximum absolute atomic E-state index is 15.1. The molecule has 0 aliphatic carbocycles. The van der Waals surface area contributed by atoms with Gasteiger partial charge in [0.25, 0.3) is 0 Å². The van der Waals surface area contributed by atoms with Crippen molar-refractivity contribution < 1.29 is 23.9 Å². The Morgan fingerprint density at radius 3 is 2.42 bits per heavy atom. The van der Waals surface area contributed by atoms with Crippen LogP contribution in [0.3, 0.4) is 0 Å². The molecule has 1 amide bonds. The van der Waals surface area contributed by atoms with Gasteiger partial charge in [0.1, 0.15) is 23.0 Å². The van der Waals surface area contributed by atoms with E-state index in [1.165, 1.54) is 14.2 Å². The van der Waals surface area contributed by atoms with Gasteiger partial charge >= 0.3 is 0 Å². The molecule has 3 aliphatic rings. The lowest BCUT2D eigenvalue weighted by molar-refractivity contribution is -0.121. The fourth-order valence-electron chi connectivity index (χ4n) is 7.10. The van der Waals surface area contributed by atoms with Gasteiger partial charge in [0.2, 0.25) is 5.91 Å². The summed E-state index contributed by atoms with van der Waals surface area (Å²) in [6, 6.07) is 25.0. The lowest BCUT2D eigenvalue weighted by atomic mass is 9.64. The predicted octanol–water partition coefficient (Wildman–Crippen LogP) is 6.21. The van der Waals surface area contributed by atoms with Gasteiger partial charge in [0, 0.05) is 22.0 Å². The van der Waals surface area contributed by atoms with E-state index in [1.807, 2.05) is 59.5 Å². The molecule has 43 heavy (non-hydrogen) atoms. The highest BCUT2D eigenvalue weighted by Crippen LogP contribution is 2.58. The van der Waals surface area contributed by atoms with Crippen LogP contribution in [-0.2, 0) is 10.2 Å². The number of Topliss-reactive ketones (excluding diaryl/α,β-unsaturated/α-hetero) is 2. The fourth-order valence-corrected chi connectivity index (χ4v) is 7.28. The molecule has 1 spiro atoms. The van der Waals surface area contributed by atoms with Crippen LogP contribution >= 0.6 is 11.6 Å². The minimum Gasteiger partial charge on any atom is -0.497 e. The number of nitrogens with one attached hydrogen (secondary N) is 1. The molecule has 4 aromatic carbocycles. The average Bonchev–Trinajstić information content (AvgIpc) is 3.52. The summed E-state index contributed by atoms with van der Waals surface area (Å²) in [4.78, 5) is 46.3. The van der Waals surface area contributed by atoms with Crippen molar-refractivity contribution in [2.45, 2.75) is 17.5 Å². The molecule has 0 bridgehead atoms. The Labute approximate surface area is 253 Å². The number of amides is 1. The highest BCUT2D eigenvalue weighted by atomic mass is 35.5. The summed E-state index contributed by atoms with van der Waals surface area (Å²) in [5.74, 6) is -1.36. The van der Waals surface area contributed by atoms with E-state index in [4.69, 9.17) is 21.1 Å². The summed E-state index contributed by atoms with van der Waals surface area (Å²) < 4.78 is 11.1. The zero-order chi connectivity index (χ0) is 29.9. The van der Waals surface area contributed by atoms with E-state index in [0.29, 0.717) is 33.3 Å². The molecular formula is C35H27ClN2O5. The number of benzene rings is 4. The van der Waals surface area contributed by atoms with Crippen LogP contribution in [0.15, 0.2) is 97.1 Å². The van der Waals surface area contributed by atoms with Crippen LogP contribution in [0.2, 0.25) is 5.02 Å². The number of hydrogen-bond donors (Lipinski definition) is 1. The summed E-state index contributed by atoms with van der Waals surface area (Å²) in [5.41, 5.74) is 2.03. The topological polar surface area (TPSA) is 84.9 Å². The second-order valence-corrected chi connectivity index (χ2v) is 11.3. The van der Waals surface area contributed by atoms with Crippen LogP contribution in [0.5, 0.6) is 11.5 Å². The number of carbonyl (C=O) groups is 3. The third-order valence-electron chi connectivity index (χ3n) is 8.88. The molecule has 1 saturated heterocycles. The summed E-state index contributed by atoms with van der Waals surface area (Å²) in [6.07, 6.45) is 3.84. The summed E-state index contributed by atoms with van der Waals surface area (Å²) >= 11 is 6.38. The van der Waals surface area contributed by atoms with Gasteiger partial charge in [0.05, 0.1) is 31.7 Å². The summed E-state index contributed by atoms with van der Waals surface area (Å²) in [5, 5.41) is 3.58. The molecule has 7 rings (SSSR count). The summed E-state index contributed by atoms with van der Waals surface area (Å²) in [6.45, 7) is 0. The maximum atomic E-state index is 15.1. The molecule has 4 atom stereocenters. The number of fused-ring (bicyclic) bond motifs is 6. The second kappa shape index (κ2) is 10.1. The largest absolute Gasteiger partial charge is 0.497 e. The Balaban J connectivity index is 1.55. The Hall–Kier alpha value is -4.88. The van der Waals surface area contributed by atoms with Crippen LogP contribution in [0.4, 0.5) is 11.4 Å². The van der Waals surface area contributed by atoms with Crippen molar-refractivity contribution in [2.24, 2.45) is 5.92 Å². The number of carbonyl (C=O) groups excluding carboxylic acids is 3. The number of anilines is 2. The molecule has 0 aromatic heterocycles. The molecule has 3 heterocycles. The molecule has 214 valence electrons. The van der Waals surface area contributed by atoms with E-state index in [0.717, 1.165) is 11.3 Å². The van der Waals surface area contributed by atoms with Crippen molar-refractivity contribution in [3.8, 4) is 11.5 Å². The van der Waals surface area contributed by atoms with Gasteiger partial charge in [-0.15, -0.1) is 0 Å². The van der Waals surface area contributed by atoms with E-state index in [2.05, 4.69) is 5.32 Å². The minimum atomic E-state index is -1.44. The van der Waals surface area contributed by atoms with Gasteiger partial charge < -0.3 is 19.7 Å². The molecule has 0 unspecified atom stereocenters. The number of ketones is 2. The molecule has 4 aromatic rings. The molecule has 1 N–H and O–H groups in total. The van der Waals surface area contributed by atoms with E-state index in [9.17, 15) is 9.59 Å². The normalized spacial score (nSPS) is 22.9. The lowest BCUT2D eigenvalue weighted by Gasteiger charge is -2.37. The number of para-hydroxylation sites is 1. The first-order chi connectivity index (χ1) is 20.9. The Bertz CT molecular complexity index is 1840. The van der Waals surface area contributed by atoms with Crippen molar-refractivity contribution >= 4 is 46.5 Å². The number of rotatable bonds is 6. The molecule has 7 nitrogen and oxygen atoms in total. The minimum absolute atomic E-state index is 0.231. The molecular weight excluding hydrogens is 564 g/mol. The smallest absolute Gasteiger partial charge is 0.238 e. The third kappa shape index (κ3) is 3.85. The highest BCUT2D eigenvalue weighted by Gasteiger charge is 2.70. The standard InChI is InChI=1S/C35H27ClN2O5/c1-42-23-14-16-28(43-2)24(19-23)33(40)30-31(32(39)20-8-4-3-5-9-20)38-27-15-13-22(36)18-21(27)12-17-29(38)35(30)25-10-6-7-11-26(25)37-34(35)41/h3-19,29-31H,1-2H3,(H,37,41)/t29-,30-,31+,35-/m0/s1. The van der Waals surface area contributed by atoms with Crippen LogP contribution in [0.25, 0.3) is 6.08 Å². The van der Waals surface area contributed by atoms with Gasteiger partial charge in [-0.1, -0.05) is 72.3 Å². The number of methoxy groups -OCH3 is 2. The zero-order valence-electron chi connectivity index (χ0n) is 23.4. The number of halogens is 1. The molecule has 8 heteroatoms. The second-order valence-electron chi connectivity index (χ2n) is 10.9. The van der Waals surface area contributed by atoms with Gasteiger partial charge in [-0.25, -0.2) is 0 Å². The number of hydrogen-bond acceptors (Lipinski definition) is 6. The molecule has 0 saturated carbocycles. The number of nitrogens with zero attached hydrogens (tertiary/aromatic N) is 1. The SMILES string of the molecule is COc1ccc(OC)c(C(=O)[C@@H]2[C@H](C(=O)c3ccccc3)N3c4ccc(Cl)cc4C=C[C@H]3[C@]23C(=O)Nc2ccccc23)c1. The predicted molar refractivity (Wildman–Crippen MR) is 165 cm³/mol. The van der Waals surface area contributed by atoms with Gasteiger partial charge in [-0.2, -0.15) is 0 Å². The van der Waals surface area contributed by atoms with E-state index < -0.39 is 29.2 Å². The van der Waals surface area contributed by atoms with Crippen molar-refractivity contribution in [3.63, 3.8) is 0 Å². The third-order valence-corrected chi connectivity index (χ3v) is 9.11. The van der Waals surface area contributed by atoms with Crippen molar-refractivity contribution in [2.75, 3.05) is 24.4 Å². The average molecular weight is 591 g/mol. The molecule has 3 aliphatic heterocycles. The van der Waals surface area contributed by atoms with Gasteiger partial charge in [0.15, 0.2) is 11.6 Å². The van der Waals surface area contributed by atoms with Crippen molar-refractivity contribution in [3.05, 3.63) is 124 Å². The quantitative estimate of drug-likeness (QED) is 0.269. The van der Waals surface area contributed by atoms with Crippen LogP contribution in [0.1, 0.15) is 31.8 Å². The fraction of sp³-hybridized carbons (Fsp3) is 0.171. The van der Waals surface area contributed by atoms with Crippen molar-refractivity contribution in [1.82, 2.24) is 0 Å². The first kappa shape index (κ1) is 27.0. The van der Waals surface area contributed by atoms with Crippen LogP contribution < -0.4 is 19.7 Å². The van der Waals surface area contributed by atoms with Crippen LogP contribution in [0, 0.1) is 5.92 Å². The Morgan fingerprint density at radius 2 is 1.65 bits per heavy atom.